The Balaban J connectivity index is 1.65. The van der Waals surface area contributed by atoms with Gasteiger partial charge in [0.1, 0.15) is 0 Å². The third kappa shape index (κ3) is 5.44. The van der Waals surface area contributed by atoms with E-state index in [4.69, 9.17) is 0 Å². The molecule has 1 N–H and O–H groups in total. The Morgan fingerprint density at radius 1 is 1.29 bits per heavy atom. The molecule has 4 nitrogen and oxygen atoms in total. The van der Waals surface area contributed by atoms with E-state index in [-0.39, 0.29) is 5.54 Å². The molecule has 0 amide bonds. The van der Waals surface area contributed by atoms with Crippen molar-refractivity contribution >= 4 is 0 Å². The highest BCUT2D eigenvalue weighted by atomic mass is 15.3. The predicted octanol–water partition coefficient (Wildman–Crippen LogP) is 2.60. The van der Waals surface area contributed by atoms with E-state index in [0.29, 0.717) is 0 Å². The summed E-state index contributed by atoms with van der Waals surface area (Å²) in [7, 11) is 0. The van der Waals surface area contributed by atoms with Gasteiger partial charge in [-0.15, -0.1) is 0 Å². The second-order valence-corrected chi connectivity index (χ2v) is 7.59. The first-order valence-corrected chi connectivity index (χ1v) is 8.32. The Bertz CT molecular complexity index is 444. The standard InChI is InChI=1S/C17H32N4/c1-14-11-15(2)21(19-14)9-6-8-20-10-7-16(13-20)12-18-17(3,4)5/h11,16,18H,6-10,12-13H2,1-5H3. The third-order valence-corrected chi connectivity index (χ3v) is 4.24. The van der Waals surface area contributed by atoms with E-state index in [2.05, 4.69) is 60.7 Å². The summed E-state index contributed by atoms with van der Waals surface area (Å²) in [5, 5.41) is 8.17. The topological polar surface area (TPSA) is 33.1 Å². The minimum atomic E-state index is 0.239. The molecule has 1 fully saturated rings. The van der Waals surface area contributed by atoms with Crippen LogP contribution in [0, 0.1) is 19.8 Å². The molecule has 1 unspecified atom stereocenters. The van der Waals surface area contributed by atoms with Crippen molar-refractivity contribution in [3.05, 3.63) is 17.5 Å². The largest absolute Gasteiger partial charge is 0.312 e. The molecule has 1 aliphatic heterocycles. The Hall–Kier alpha value is -0.870. The van der Waals surface area contributed by atoms with Crippen LogP contribution in [0.25, 0.3) is 0 Å². The first-order chi connectivity index (χ1) is 9.83. The van der Waals surface area contributed by atoms with Crippen molar-refractivity contribution in [3.63, 3.8) is 0 Å². The minimum absolute atomic E-state index is 0.239. The van der Waals surface area contributed by atoms with Crippen molar-refractivity contribution in [2.24, 2.45) is 5.92 Å². The number of likely N-dealkylation sites (tertiary alicyclic amines) is 1. The molecule has 1 aliphatic rings. The smallest absolute Gasteiger partial charge is 0.0596 e. The van der Waals surface area contributed by atoms with Crippen molar-refractivity contribution in [2.45, 2.75) is 59.5 Å². The molecule has 0 bridgehead atoms. The van der Waals surface area contributed by atoms with E-state index in [0.717, 1.165) is 24.7 Å². The van der Waals surface area contributed by atoms with Crippen LogP contribution in [0.4, 0.5) is 0 Å². The van der Waals surface area contributed by atoms with Crippen molar-refractivity contribution < 1.29 is 0 Å². The molecule has 1 aromatic heterocycles. The summed E-state index contributed by atoms with van der Waals surface area (Å²) in [5.41, 5.74) is 2.64. The van der Waals surface area contributed by atoms with Gasteiger partial charge in [-0.3, -0.25) is 4.68 Å². The molecular formula is C17H32N4. The van der Waals surface area contributed by atoms with E-state index in [9.17, 15) is 0 Å². The molecular weight excluding hydrogens is 260 g/mol. The van der Waals surface area contributed by atoms with Gasteiger partial charge in [-0.1, -0.05) is 0 Å². The molecule has 0 saturated carbocycles. The number of nitrogens with zero attached hydrogens (tertiary/aromatic N) is 3. The van der Waals surface area contributed by atoms with Gasteiger partial charge in [-0.2, -0.15) is 5.10 Å². The van der Waals surface area contributed by atoms with Gasteiger partial charge >= 0.3 is 0 Å². The fraction of sp³-hybridized carbons (Fsp3) is 0.824. The van der Waals surface area contributed by atoms with Crippen LogP contribution >= 0.6 is 0 Å². The SMILES string of the molecule is Cc1cc(C)n(CCCN2CCC(CNC(C)(C)C)C2)n1. The summed E-state index contributed by atoms with van der Waals surface area (Å²) in [6, 6.07) is 2.16. The Kier molecular flexibility index (Phi) is 5.44. The van der Waals surface area contributed by atoms with E-state index in [1.54, 1.807) is 0 Å². The maximum absolute atomic E-state index is 4.53. The number of hydrogen-bond donors (Lipinski definition) is 1. The van der Waals surface area contributed by atoms with Crippen LogP contribution in [0.5, 0.6) is 0 Å². The lowest BCUT2D eigenvalue weighted by atomic mass is 10.1. The van der Waals surface area contributed by atoms with Gasteiger partial charge in [0, 0.05) is 24.3 Å². The maximum Gasteiger partial charge on any atom is 0.0596 e. The predicted molar refractivity (Wildman–Crippen MR) is 88.6 cm³/mol. The van der Waals surface area contributed by atoms with Gasteiger partial charge in [-0.05, 0) is 79.1 Å². The first kappa shape index (κ1) is 16.5. The number of aryl methyl sites for hydroxylation is 3. The summed E-state index contributed by atoms with van der Waals surface area (Å²) < 4.78 is 2.14. The maximum atomic E-state index is 4.53. The lowest BCUT2D eigenvalue weighted by Gasteiger charge is -2.23. The fourth-order valence-corrected chi connectivity index (χ4v) is 3.08. The van der Waals surface area contributed by atoms with E-state index in [1.807, 2.05) is 0 Å². The van der Waals surface area contributed by atoms with Gasteiger partial charge in [0.2, 0.25) is 0 Å². The molecule has 2 heterocycles. The van der Waals surface area contributed by atoms with E-state index in [1.165, 1.54) is 38.2 Å². The molecule has 0 aromatic carbocycles. The molecule has 21 heavy (non-hydrogen) atoms. The zero-order valence-electron chi connectivity index (χ0n) is 14.4. The lowest BCUT2D eigenvalue weighted by molar-refractivity contribution is 0.299. The highest BCUT2D eigenvalue weighted by Crippen LogP contribution is 2.17. The molecule has 120 valence electrons. The molecule has 1 aromatic rings. The second-order valence-electron chi connectivity index (χ2n) is 7.59. The van der Waals surface area contributed by atoms with Crippen LogP contribution in [0.1, 0.15) is 45.0 Å². The molecule has 0 spiro atoms. The van der Waals surface area contributed by atoms with Crippen molar-refractivity contribution in [1.29, 1.82) is 0 Å². The van der Waals surface area contributed by atoms with E-state index >= 15 is 0 Å². The van der Waals surface area contributed by atoms with Crippen LogP contribution in [-0.4, -0.2) is 46.4 Å². The average molecular weight is 292 g/mol. The number of hydrogen-bond acceptors (Lipinski definition) is 3. The van der Waals surface area contributed by atoms with Crippen molar-refractivity contribution in [2.75, 3.05) is 26.2 Å². The van der Waals surface area contributed by atoms with Gasteiger partial charge in [0.05, 0.1) is 5.69 Å². The molecule has 0 radical (unpaired) electrons. The highest BCUT2D eigenvalue weighted by molar-refractivity contribution is 5.06. The zero-order chi connectivity index (χ0) is 15.5. The molecule has 1 atom stereocenters. The quantitative estimate of drug-likeness (QED) is 0.875. The van der Waals surface area contributed by atoms with E-state index < -0.39 is 0 Å². The van der Waals surface area contributed by atoms with Crippen LogP contribution in [0.15, 0.2) is 6.07 Å². The minimum Gasteiger partial charge on any atom is -0.312 e. The third-order valence-electron chi connectivity index (χ3n) is 4.24. The molecule has 2 rings (SSSR count). The van der Waals surface area contributed by atoms with Crippen LogP contribution in [0.3, 0.4) is 0 Å². The zero-order valence-corrected chi connectivity index (χ0v) is 14.4. The summed E-state index contributed by atoms with van der Waals surface area (Å²) in [5.74, 6) is 0.818. The summed E-state index contributed by atoms with van der Waals surface area (Å²) in [4.78, 5) is 2.61. The number of rotatable bonds is 6. The molecule has 1 saturated heterocycles. The monoisotopic (exact) mass is 292 g/mol. The van der Waals surface area contributed by atoms with Crippen LogP contribution in [0.2, 0.25) is 0 Å². The fourth-order valence-electron chi connectivity index (χ4n) is 3.08. The van der Waals surface area contributed by atoms with Crippen molar-refractivity contribution in [3.8, 4) is 0 Å². The van der Waals surface area contributed by atoms with Crippen molar-refractivity contribution in [1.82, 2.24) is 20.0 Å². The first-order valence-electron chi connectivity index (χ1n) is 8.32. The van der Waals surface area contributed by atoms with Crippen LogP contribution in [-0.2, 0) is 6.54 Å². The average Bonchev–Trinajstić information content (AvgIpc) is 2.94. The normalized spacial score (nSPS) is 20.3. The van der Waals surface area contributed by atoms with Gasteiger partial charge in [0.25, 0.3) is 0 Å². The Morgan fingerprint density at radius 3 is 2.67 bits per heavy atom. The van der Waals surface area contributed by atoms with Gasteiger partial charge in [0.15, 0.2) is 0 Å². The molecule has 4 heteroatoms. The van der Waals surface area contributed by atoms with Gasteiger partial charge < -0.3 is 10.2 Å². The Morgan fingerprint density at radius 2 is 2.05 bits per heavy atom. The summed E-state index contributed by atoms with van der Waals surface area (Å²) in [6.07, 6.45) is 2.53. The number of nitrogens with one attached hydrogen (secondary N) is 1. The summed E-state index contributed by atoms with van der Waals surface area (Å²) >= 11 is 0. The summed E-state index contributed by atoms with van der Waals surface area (Å²) in [6.45, 7) is 16.8. The highest BCUT2D eigenvalue weighted by Gasteiger charge is 2.23. The molecule has 0 aliphatic carbocycles. The second kappa shape index (κ2) is 6.93. The lowest BCUT2D eigenvalue weighted by Crippen LogP contribution is -2.39. The number of aromatic nitrogens is 2. The van der Waals surface area contributed by atoms with Gasteiger partial charge in [-0.25, -0.2) is 0 Å². The Labute approximate surface area is 129 Å². The van der Waals surface area contributed by atoms with Crippen LogP contribution < -0.4 is 5.32 Å².